The standard InChI is InChI=1S/C13H27NO3S/c1-4-7-14-12-6-8-17-9-13(12)18(15,16)10-11(3)5-2/h11-14H,4-10H2,1-3H3. The Labute approximate surface area is 111 Å². The van der Waals surface area contributed by atoms with Crippen molar-refractivity contribution in [1.82, 2.24) is 5.32 Å². The lowest BCUT2D eigenvalue weighted by molar-refractivity contribution is 0.0807. The van der Waals surface area contributed by atoms with Crippen LogP contribution in [0.15, 0.2) is 0 Å². The van der Waals surface area contributed by atoms with Crippen LogP contribution in [-0.2, 0) is 14.6 Å². The van der Waals surface area contributed by atoms with Crippen molar-refractivity contribution in [2.24, 2.45) is 5.92 Å². The first-order valence-electron chi connectivity index (χ1n) is 7.04. The zero-order valence-electron chi connectivity index (χ0n) is 11.8. The average Bonchev–Trinajstić information content (AvgIpc) is 2.36. The van der Waals surface area contributed by atoms with E-state index in [0.717, 1.165) is 25.8 Å². The van der Waals surface area contributed by atoms with Crippen LogP contribution in [-0.4, -0.2) is 45.2 Å². The fourth-order valence-corrected chi connectivity index (χ4v) is 4.58. The smallest absolute Gasteiger partial charge is 0.157 e. The molecule has 18 heavy (non-hydrogen) atoms. The van der Waals surface area contributed by atoms with Crippen LogP contribution in [0, 0.1) is 5.92 Å². The normalized spacial score (nSPS) is 27.1. The van der Waals surface area contributed by atoms with E-state index >= 15 is 0 Å². The number of hydrogen-bond acceptors (Lipinski definition) is 4. The lowest BCUT2D eigenvalue weighted by atomic mass is 10.1. The van der Waals surface area contributed by atoms with Crippen LogP contribution in [0.3, 0.4) is 0 Å². The summed E-state index contributed by atoms with van der Waals surface area (Å²) < 4.78 is 30.2. The molecule has 0 aliphatic carbocycles. The maximum absolute atomic E-state index is 12.4. The van der Waals surface area contributed by atoms with Crippen LogP contribution in [0.1, 0.15) is 40.0 Å². The second-order valence-corrected chi connectivity index (χ2v) is 7.57. The van der Waals surface area contributed by atoms with Gasteiger partial charge in [0.15, 0.2) is 9.84 Å². The van der Waals surface area contributed by atoms with E-state index in [0.29, 0.717) is 13.2 Å². The van der Waals surface area contributed by atoms with Crippen molar-refractivity contribution in [2.45, 2.75) is 51.3 Å². The fourth-order valence-electron chi connectivity index (χ4n) is 2.27. The molecule has 0 amide bonds. The van der Waals surface area contributed by atoms with E-state index in [-0.39, 0.29) is 23.0 Å². The molecule has 0 radical (unpaired) electrons. The summed E-state index contributed by atoms with van der Waals surface area (Å²) in [5.41, 5.74) is 0. The first-order chi connectivity index (χ1) is 8.51. The van der Waals surface area contributed by atoms with Gasteiger partial charge in [0.05, 0.1) is 17.6 Å². The van der Waals surface area contributed by atoms with Gasteiger partial charge in [0.1, 0.15) is 0 Å². The first kappa shape index (κ1) is 15.9. The number of hydrogen-bond donors (Lipinski definition) is 1. The zero-order valence-corrected chi connectivity index (χ0v) is 12.6. The van der Waals surface area contributed by atoms with Crippen LogP contribution in [0.5, 0.6) is 0 Å². The molecular weight excluding hydrogens is 250 g/mol. The lowest BCUT2D eigenvalue weighted by Crippen LogP contribution is -2.51. The number of sulfone groups is 1. The number of ether oxygens (including phenoxy) is 1. The maximum Gasteiger partial charge on any atom is 0.157 e. The van der Waals surface area contributed by atoms with Gasteiger partial charge in [0.25, 0.3) is 0 Å². The van der Waals surface area contributed by atoms with Crippen molar-refractivity contribution >= 4 is 9.84 Å². The molecule has 0 spiro atoms. The van der Waals surface area contributed by atoms with E-state index in [1.165, 1.54) is 0 Å². The zero-order chi connectivity index (χ0) is 13.6. The lowest BCUT2D eigenvalue weighted by Gasteiger charge is -2.32. The van der Waals surface area contributed by atoms with Crippen molar-refractivity contribution in [2.75, 3.05) is 25.5 Å². The minimum atomic E-state index is -3.06. The summed E-state index contributed by atoms with van der Waals surface area (Å²) in [7, 11) is -3.06. The highest BCUT2D eigenvalue weighted by atomic mass is 32.2. The number of nitrogens with one attached hydrogen (secondary N) is 1. The molecule has 0 aromatic carbocycles. The van der Waals surface area contributed by atoms with Crippen LogP contribution in [0.2, 0.25) is 0 Å². The Hall–Kier alpha value is -0.130. The van der Waals surface area contributed by atoms with Crippen molar-refractivity contribution in [3.8, 4) is 0 Å². The van der Waals surface area contributed by atoms with Gasteiger partial charge in [-0.15, -0.1) is 0 Å². The molecule has 4 nitrogen and oxygen atoms in total. The topological polar surface area (TPSA) is 55.4 Å². The van der Waals surface area contributed by atoms with Gasteiger partial charge in [-0.25, -0.2) is 8.42 Å². The van der Waals surface area contributed by atoms with E-state index in [2.05, 4.69) is 12.2 Å². The predicted octanol–water partition coefficient (Wildman–Crippen LogP) is 1.60. The van der Waals surface area contributed by atoms with E-state index in [4.69, 9.17) is 4.74 Å². The van der Waals surface area contributed by atoms with Crippen LogP contribution in [0.4, 0.5) is 0 Å². The summed E-state index contributed by atoms with van der Waals surface area (Å²) in [6, 6.07) is 0.0627. The van der Waals surface area contributed by atoms with Crippen molar-refractivity contribution in [3.05, 3.63) is 0 Å². The molecule has 108 valence electrons. The van der Waals surface area contributed by atoms with Gasteiger partial charge in [-0.3, -0.25) is 0 Å². The summed E-state index contributed by atoms with van der Waals surface area (Å²) in [5.74, 6) is 0.505. The maximum atomic E-state index is 12.4. The molecule has 0 bridgehead atoms. The fraction of sp³-hybridized carbons (Fsp3) is 1.00. The van der Waals surface area contributed by atoms with Crippen LogP contribution < -0.4 is 5.32 Å². The third kappa shape index (κ3) is 4.52. The minimum absolute atomic E-state index is 0.0627. The quantitative estimate of drug-likeness (QED) is 0.768. The molecule has 3 atom stereocenters. The minimum Gasteiger partial charge on any atom is -0.380 e. The van der Waals surface area contributed by atoms with Crippen molar-refractivity contribution in [1.29, 1.82) is 0 Å². The molecular formula is C13H27NO3S. The van der Waals surface area contributed by atoms with Crippen LogP contribution >= 0.6 is 0 Å². The Morgan fingerprint density at radius 3 is 2.72 bits per heavy atom. The Kier molecular flexibility index (Phi) is 6.60. The highest BCUT2D eigenvalue weighted by Crippen LogP contribution is 2.19. The molecule has 1 aliphatic heterocycles. The van der Waals surface area contributed by atoms with Gasteiger partial charge in [-0.05, 0) is 25.3 Å². The Bertz CT molecular complexity index is 329. The Balaban J connectivity index is 2.69. The summed E-state index contributed by atoms with van der Waals surface area (Å²) in [6.45, 7) is 8.01. The van der Waals surface area contributed by atoms with Crippen molar-refractivity contribution < 1.29 is 13.2 Å². The highest BCUT2D eigenvalue weighted by molar-refractivity contribution is 7.92. The molecule has 0 aromatic heterocycles. The van der Waals surface area contributed by atoms with Gasteiger partial charge in [-0.2, -0.15) is 0 Å². The SMILES string of the molecule is CCCNC1CCOCC1S(=O)(=O)CC(C)CC. The van der Waals surface area contributed by atoms with E-state index < -0.39 is 9.84 Å². The first-order valence-corrected chi connectivity index (χ1v) is 8.75. The molecule has 1 rings (SSSR count). The Morgan fingerprint density at radius 2 is 2.11 bits per heavy atom. The third-order valence-electron chi connectivity index (χ3n) is 3.64. The van der Waals surface area contributed by atoms with Gasteiger partial charge in [-0.1, -0.05) is 27.2 Å². The highest BCUT2D eigenvalue weighted by Gasteiger charge is 2.36. The summed E-state index contributed by atoms with van der Waals surface area (Å²) in [4.78, 5) is 0. The molecule has 5 heteroatoms. The molecule has 1 saturated heterocycles. The number of rotatable bonds is 7. The molecule has 3 unspecified atom stereocenters. The van der Waals surface area contributed by atoms with Crippen LogP contribution in [0.25, 0.3) is 0 Å². The monoisotopic (exact) mass is 277 g/mol. The van der Waals surface area contributed by atoms with E-state index in [1.54, 1.807) is 0 Å². The van der Waals surface area contributed by atoms with Gasteiger partial charge in [0, 0.05) is 12.6 Å². The molecule has 1 aliphatic rings. The third-order valence-corrected chi connectivity index (χ3v) is 6.06. The molecule has 1 fully saturated rings. The Morgan fingerprint density at radius 1 is 1.39 bits per heavy atom. The predicted molar refractivity (Wildman–Crippen MR) is 74.5 cm³/mol. The molecule has 1 heterocycles. The van der Waals surface area contributed by atoms with Gasteiger partial charge < -0.3 is 10.1 Å². The second kappa shape index (κ2) is 7.46. The molecule has 0 aromatic rings. The average molecular weight is 277 g/mol. The van der Waals surface area contributed by atoms with Gasteiger partial charge >= 0.3 is 0 Å². The summed E-state index contributed by atoms with van der Waals surface area (Å²) >= 11 is 0. The summed E-state index contributed by atoms with van der Waals surface area (Å²) in [6.07, 6.45) is 2.72. The molecule has 1 N–H and O–H groups in total. The van der Waals surface area contributed by atoms with E-state index in [9.17, 15) is 8.42 Å². The van der Waals surface area contributed by atoms with Crippen molar-refractivity contribution in [3.63, 3.8) is 0 Å². The summed E-state index contributed by atoms with van der Waals surface area (Å²) in [5, 5.41) is 2.99. The van der Waals surface area contributed by atoms with E-state index in [1.807, 2.05) is 13.8 Å². The second-order valence-electron chi connectivity index (χ2n) is 5.31. The molecule has 0 saturated carbocycles. The largest absolute Gasteiger partial charge is 0.380 e. The van der Waals surface area contributed by atoms with Gasteiger partial charge in [0.2, 0.25) is 0 Å².